The topological polar surface area (TPSA) is 96.9 Å². The van der Waals surface area contributed by atoms with E-state index >= 15 is 0 Å². The molecule has 0 atom stereocenters. The second-order valence-corrected chi connectivity index (χ2v) is 8.51. The average Bonchev–Trinajstić information content (AvgIpc) is 2.88. The summed E-state index contributed by atoms with van der Waals surface area (Å²) in [6, 6.07) is 9.38. The second kappa shape index (κ2) is 11.7. The number of aryl methyl sites for hydroxylation is 1. The Morgan fingerprint density at radius 2 is 1.40 bits per heavy atom. The van der Waals surface area contributed by atoms with Crippen molar-refractivity contribution in [3.8, 4) is 17.2 Å². The van der Waals surface area contributed by atoms with Gasteiger partial charge in [0.05, 0.1) is 18.4 Å². The largest absolute Gasteiger partial charge is 0.506 e. The van der Waals surface area contributed by atoms with Crippen LogP contribution in [0.1, 0.15) is 31.8 Å². The molecule has 0 radical (unpaired) electrons. The molecule has 0 bridgehead atoms. The summed E-state index contributed by atoms with van der Waals surface area (Å²) in [5.74, 6) is -5.52. The molecule has 42 heavy (non-hydrogen) atoms. The van der Waals surface area contributed by atoms with Crippen molar-refractivity contribution in [3.05, 3.63) is 76.9 Å². The quantitative estimate of drug-likeness (QED) is 0.187. The number of ether oxygens (including phenoxy) is 2. The van der Waals surface area contributed by atoms with Gasteiger partial charge in [-0.05, 0) is 42.8 Å². The van der Waals surface area contributed by atoms with Crippen molar-refractivity contribution >= 4 is 23.2 Å². The van der Waals surface area contributed by atoms with Crippen LogP contribution in [0.25, 0.3) is 0 Å². The van der Waals surface area contributed by atoms with Gasteiger partial charge in [-0.3, -0.25) is 9.59 Å². The summed E-state index contributed by atoms with van der Waals surface area (Å²) >= 11 is 0. The van der Waals surface area contributed by atoms with Gasteiger partial charge in [0, 0.05) is 11.1 Å². The smallest absolute Gasteiger partial charge is 0.435 e. The van der Waals surface area contributed by atoms with Gasteiger partial charge >= 0.3 is 24.6 Å². The molecule has 0 spiro atoms. The van der Waals surface area contributed by atoms with Crippen LogP contribution in [0.15, 0.2) is 54.6 Å². The van der Waals surface area contributed by atoms with Crippen molar-refractivity contribution in [1.82, 2.24) is 0 Å². The van der Waals surface area contributed by atoms with E-state index < -0.39 is 64.8 Å². The number of phenolic OH excluding ortho intramolecular Hbond substituents is 1. The number of phenols is 1. The third-order valence-electron chi connectivity index (χ3n) is 5.82. The van der Waals surface area contributed by atoms with E-state index in [0.717, 1.165) is 13.2 Å². The Morgan fingerprint density at radius 3 is 1.95 bits per heavy atom. The summed E-state index contributed by atoms with van der Waals surface area (Å²) in [6.45, 7) is -2.24. The highest BCUT2D eigenvalue weighted by Gasteiger charge is 2.73. The summed E-state index contributed by atoms with van der Waals surface area (Å²) in [6.07, 6.45) is -13.3. The number of para-hydroxylation sites is 1. The molecule has 0 aliphatic carbocycles. The van der Waals surface area contributed by atoms with Crippen molar-refractivity contribution in [3.63, 3.8) is 0 Å². The van der Waals surface area contributed by atoms with Gasteiger partial charge in [-0.2, -0.15) is 35.1 Å². The first-order chi connectivity index (χ1) is 19.4. The van der Waals surface area contributed by atoms with Crippen LogP contribution in [0.2, 0.25) is 0 Å². The number of alkyl halides is 9. The summed E-state index contributed by atoms with van der Waals surface area (Å²) in [5.41, 5.74) is -9.31. The van der Waals surface area contributed by atoms with Gasteiger partial charge < -0.3 is 25.2 Å². The molecule has 3 aromatic carbocycles. The summed E-state index contributed by atoms with van der Waals surface area (Å²) in [5, 5.41) is 14.5. The van der Waals surface area contributed by atoms with Crippen molar-refractivity contribution < 1.29 is 63.7 Å². The highest BCUT2D eigenvalue weighted by atomic mass is 19.4. The average molecular weight is 610 g/mol. The fourth-order valence-electron chi connectivity index (χ4n) is 3.83. The van der Waals surface area contributed by atoms with E-state index in [4.69, 9.17) is 4.74 Å². The number of carbonyl (C=O) groups excluding carboxylic acids is 2. The molecule has 2 amide bonds. The number of benzene rings is 3. The molecule has 0 unspecified atom stereocenters. The molecule has 0 aliphatic rings. The van der Waals surface area contributed by atoms with Gasteiger partial charge in [0.2, 0.25) is 0 Å². The Bertz CT molecular complexity index is 1480. The van der Waals surface area contributed by atoms with E-state index in [2.05, 4.69) is 10.1 Å². The van der Waals surface area contributed by atoms with E-state index in [9.17, 15) is 54.2 Å². The zero-order valence-electron chi connectivity index (χ0n) is 21.3. The maximum Gasteiger partial charge on any atom is 0.435 e. The standard InChI is InChI=1S/C26H19F9N2O5/c1-12-6-3-4-7-14(12)21(39)36-16-9-5-8-15(20(16)41-2)22(40)37-19-17(38)10-13(11-18(19)42-23(27)28)24(29,25(30,31)32)26(33,34)35/h3-11,23,38H,1-2H3,(H,36,39)(H,37,40). The van der Waals surface area contributed by atoms with E-state index in [1.807, 2.05) is 5.32 Å². The molecule has 3 rings (SSSR count). The zero-order chi connectivity index (χ0) is 31.6. The maximum atomic E-state index is 14.5. The van der Waals surface area contributed by atoms with Crippen LogP contribution in [0, 0.1) is 6.92 Å². The van der Waals surface area contributed by atoms with Gasteiger partial charge in [0.1, 0.15) is 11.4 Å². The molecule has 0 fully saturated rings. The number of rotatable bonds is 8. The van der Waals surface area contributed by atoms with E-state index in [-0.39, 0.29) is 29.1 Å². The maximum absolute atomic E-state index is 14.5. The van der Waals surface area contributed by atoms with Crippen LogP contribution in [0.3, 0.4) is 0 Å². The van der Waals surface area contributed by atoms with Crippen LogP contribution in [-0.2, 0) is 5.67 Å². The van der Waals surface area contributed by atoms with Crippen LogP contribution in [0.5, 0.6) is 17.2 Å². The fourth-order valence-corrected chi connectivity index (χ4v) is 3.83. The van der Waals surface area contributed by atoms with Crippen LogP contribution in [0.4, 0.5) is 50.9 Å². The lowest BCUT2D eigenvalue weighted by molar-refractivity contribution is -0.348. The second-order valence-electron chi connectivity index (χ2n) is 8.51. The first-order valence-corrected chi connectivity index (χ1v) is 11.4. The number of aromatic hydroxyl groups is 1. The predicted octanol–water partition coefficient (Wildman–Crippen LogP) is 7.10. The van der Waals surface area contributed by atoms with Crippen LogP contribution < -0.4 is 20.1 Å². The minimum absolute atomic E-state index is 0.0698. The monoisotopic (exact) mass is 610 g/mol. The number of methoxy groups -OCH3 is 1. The molecule has 0 saturated heterocycles. The van der Waals surface area contributed by atoms with Crippen molar-refractivity contribution in [2.24, 2.45) is 0 Å². The zero-order valence-corrected chi connectivity index (χ0v) is 21.3. The molecule has 3 N–H and O–H groups in total. The summed E-state index contributed by atoms with van der Waals surface area (Å²) in [4.78, 5) is 25.8. The Labute approximate surface area is 230 Å². The Kier molecular flexibility index (Phi) is 8.88. The van der Waals surface area contributed by atoms with Gasteiger partial charge in [-0.25, -0.2) is 4.39 Å². The molecular weight excluding hydrogens is 591 g/mol. The minimum atomic E-state index is -6.64. The highest BCUT2D eigenvalue weighted by Crippen LogP contribution is 2.55. The SMILES string of the molecule is COc1c(NC(=O)c2ccccc2C)cccc1C(=O)Nc1c(O)cc(C(F)(C(F)(F)F)C(F)(F)F)cc1OC(F)F. The minimum Gasteiger partial charge on any atom is -0.506 e. The van der Waals surface area contributed by atoms with Crippen LogP contribution >= 0.6 is 0 Å². The third-order valence-corrected chi connectivity index (χ3v) is 5.82. The van der Waals surface area contributed by atoms with E-state index in [1.165, 1.54) is 18.2 Å². The first-order valence-electron chi connectivity index (χ1n) is 11.4. The molecule has 0 aliphatic heterocycles. The third kappa shape index (κ3) is 6.16. The number of hydrogen-bond acceptors (Lipinski definition) is 5. The van der Waals surface area contributed by atoms with Crippen molar-refractivity contribution in [1.29, 1.82) is 0 Å². The van der Waals surface area contributed by atoms with E-state index in [1.54, 1.807) is 25.1 Å². The fraction of sp³-hybridized carbons (Fsp3) is 0.231. The Balaban J connectivity index is 2.06. The molecule has 0 heterocycles. The Morgan fingerprint density at radius 1 is 0.833 bits per heavy atom. The number of halogens is 9. The van der Waals surface area contributed by atoms with Gasteiger partial charge in [-0.15, -0.1) is 0 Å². The molecular formula is C26H19F9N2O5. The Hall–Kier alpha value is -4.63. The summed E-state index contributed by atoms with van der Waals surface area (Å²) in [7, 11) is 1.09. The van der Waals surface area contributed by atoms with E-state index in [0.29, 0.717) is 5.56 Å². The lowest BCUT2D eigenvalue weighted by Crippen LogP contribution is -2.50. The number of nitrogens with one attached hydrogen (secondary N) is 2. The van der Waals surface area contributed by atoms with Gasteiger partial charge in [0.25, 0.3) is 11.8 Å². The van der Waals surface area contributed by atoms with Gasteiger partial charge in [-0.1, -0.05) is 24.3 Å². The molecule has 0 saturated carbocycles. The number of carbonyl (C=O) groups is 2. The normalized spacial score (nSPS) is 12.2. The van der Waals surface area contributed by atoms with Crippen LogP contribution in [-0.4, -0.2) is 43.0 Å². The lowest BCUT2D eigenvalue weighted by Gasteiger charge is -2.31. The molecule has 16 heteroatoms. The molecule has 3 aromatic rings. The van der Waals surface area contributed by atoms with Crippen molar-refractivity contribution in [2.75, 3.05) is 17.7 Å². The number of anilines is 2. The number of amides is 2. The first kappa shape index (κ1) is 31.9. The molecule has 0 aromatic heterocycles. The molecule has 7 nitrogen and oxygen atoms in total. The van der Waals surface area contributed by atoms with Crippen molar-refractivity contribution in [2.45, 2.75) is 31.6 Å². The number of hydrogen-bond donors (Lipinski definition) is 3. The predicted molar refractivity (Wildman–Crippen MR) is 130 cm³/mol. The van der Waals surface area contributed by atoms with Gasteiger partial charge in [0.15, 0.2) is 11.5 Å². The highest BCUT2D eigenvalue weighted by molar-refractivity contribution is 6.11. The molecule has 226 valence electrons. The lowest BCUT2D eigenvalue weighted by atomic mass is 9.93. The summed E-state index contributed by atoms with van der Waals surface area (Å²) < 4.78 is 129.